The molecule has 1 fully saturated rings. The molecule has 0 unspecified atom stereocenters. The van der Waals surface area contributed by atoms with Crippen LogP contribution in [0.4, 0.5) is 4.79 Å². The van der Waals surface area contributed by atoms with E-state index in [1.807, 2.05) is 0 Å². The van der Waals surface area contributed by atoms with Crippen LogP contribution in [0.2, 0.25) is 0 Å². The highest BCUT2D eigenvalue weighted by Crippen LogP contribution is 2.25. The van der Waals surface area contributed by atoms with E-state index >= 15 is 0 Å². The van der Waals surface area contributed by atoms with Crippen molar-refractivity contribution < 1.29 is 24.2 Å². The van der Waals surface area contributed by atoms with E-state index in [4.69, 9.17) is 9.47 Å². The zero-order valence-electron chi connectivity index (χ0n) is 14.9. The van der Waals surface area contributed by atoms with Crippen LogP contribution < -0.4 is 4.74 Å². The van der Waals surface area contributed by atoms with Gasteiger partial charge in [0, 0.05) is 30.8 Å². The predicted octanol–water partition coefficient (Wildman–Crippen LogP) is 3.73. The summed E-state index contributed by atoms with van der Waals surface area (Å²) in [6.45, 7) is 6.76. The Kier molecular flexibility index (Phi) is 6.07. The molecule has 0 aromatic heterocycles. The minimum Gasteiger partial charge on any atom is -0.507 e. The molecule has 25 heavy (non-hydrogen) atoms. The number of benzene rings is 1. The Morgan fingerprint density at radius 1 is 1.16 bits per heavy atom. The highest BCUT2D eigenvalue weighted by molar-refractivity contribution is 5.92. The van der Waals surface area contributed by atoms with Gasteiger partial charge < -0.3 is 19.5 Å². The Bertz CT molecular complexity index is 654. The van der Waals surface area contributed by atoms with Gasteiger partial charge in [-0.15, -0.1) is 0 Å². The van der Waals surface area contributed by atoms with E-state index in [0.717, 1.165) is 32.4 Å². The Morgan fingerprint density at radius 3 is 2.44 bits per heavy atom. The molecule has 2 rings (SSSR count). The lowest BCUT2D eigenvalue weighted by atomic mass is 10.1. The number of phenolic OH excluding ortho intramolecular Hbond substituents is 1. The van der Waals surface area contributed by atoms with Gasteiger partial charge in [-0.1, -0.05) is 0 Å². The second kappa shape index (κ2) is 8.05. The molecule has 1 saturated heterocycles. The van der Waals surface area contributed by atoms with Crippen molar-refractivity contribution in [2.24, 2.45) is 0 Å². The van der Waals surface area contributed by atoms with Crippen LogP contribution in [-0.2, 0) is 9.53 Å². The van der Waals surface area contributed by atoms with Crippen molar-refractivity contribution in [2.45, 2.75) is 45.6 Å². The number of nitrogens with zero attached hydrogens (tertiary/aromatic N) is 1. The Hall–Kier alpha value is -2.50. The average molecular weight is 347 g/mol. The first kappa shape index (κ1) is 18.8. The molecule has 1 amide bonds. The smallest absolute Gasteiger partial charge is 0.507 e. The molecule has 136 valence electrons. The highest BCUT2D eigenvalue weighted by Gasteiger charge is 2.18. The molecule has 1 aromatic rings. The molecule has 0 aliphatic carbocycles. The van der Waals surface area contributed by atoms with Crippen molar-refractivity contribution in [1.29, 1.82) is 0 Å². The van der Waals surface area contributed by atoms with Gasteiger partial charge in [0.05, 0.1) is 0 Å². The normalized spacial score (nSPS) is 15.2. The highest BCUT2D eigenvalue weighted by atomic mass is 16.7. The predicted molar refractivity (Wildman–Crippen MR) is 94.4 cm³/mol. The van der Waals surface area contributed by atoms with Crippen LogP contribution in [0.1, 0.15) is 45.6 Å². The Balaban J connectivity index is 1.98. The minimum absolute atomic E-state index is 0.0619. The van der Waals surface area contributed by atoms with E-state index < -0.39 is 11.8 Å². The van der Waals surface area contributed by atoms with Crippen molar-refractivity contribution in [3.05, 3.63) is 29.8 Å². The maximum absolute atomic E-state index is 12.1. The first-order chi connectivity index (χ1) is 11.7. The number of ether oxygens (including phenoxy) is 2. The van der Waals surface area contributed by atoms with Gasteiger partial charge in [-0.2, -0.15) is 0 Å². The molecular weight excluding hydrogens is 322 g/mol. The van der Waals surface area contributed by atoms with Crippen molar-refractivity contribution in [2.75, 3.05) is 13.1 Å². The van der Waals surface area contributed by atoms with Crippen LogP contribution in [0.5, 0.6) is 11.5 Å². The molecule has 1 heterocycles. The van der Waals surface area contributed by atoms with Gasteiger partial charge in [0.2, 0.25) is 5.91 Å². The van der Waals surface area contributed by atoms with Crippen molar-refractivity contribution in [3.63, 3.8) is 0 Å². The van der Waals surface area contributed by atoms with Gasteiger partial charge in [-0.3, -0.25) is 4.79 Å². The van der Waals surface area contributed by atoms with Crippen LogP contribution in [0.15, 0.2) is 24.3 Å². The average Bonchev–Trinajstić information content (AvgIpc) is 2.52. The van der Waals surface area contributed by atoms with Gasteiger partial charge in [0.1, 0.15) is 17.1 Å². The summed E-state index contributed by atoms with van der Waals surface area (Å²) in [4.78, 5) is 25.5. The monoisotopic (exact) mass is 347 g/mol. The number of phenols is 1. The van der Waals surface area contributed by atoms with Gasteiger partial charge in [0.15, 0.2) is 0 Å². The molecule has 0 radical (unpaired) electrons. The fourth-order valence-corrected chi connectivity index (χ4v) is 2.48. The van der Waals surface area contributed by atoms with Crippen LogP contribution in [0, 0.1) is 0 Å². The largest absolute Gasteiger partial charge is 0.514 e. The van der Waals surface area contributed by atoms with Crippen molar-refractivity contribution in [1.82, 2.24) is 4.90 Å². The molecule has 0 bridgehead atoms. The summed E-state index contributed by atoms with van der Waals surface area (Å²) in [7, 11) is 0. The topological polar surface area (TPSA) is 76.1 Å². The van der Waals surface area contributed by atoms with Crippen molar-refractivity contribution in [3.8, 4) is 11.5 Å². The lowest BCUT2D eigenvalue weighted by Gasteiger charge is -2.25. The SMILES string of the molecule is CC(C)(C)OC(=O)Oc1ccc(/C=C/C(=O)N2CCCCC2)c(O)c1. The number of carbonyl (C=O) groups is 2. The second-order valence-corrected chi connectivity index (χ2v) is 7.01. The third kappa shape index (κ3) is 6.14. The van der Waals surface area contributed by atoms with Crippen molar-refractivity contribution >= 4 is 18.1 Å². The van der Waals surface area contributed by atoms with E-state index in [1.165, 1.54) is 18.2 Å². The Morgan fingerprint density at radius 2 is 1.84 bits per heavy atom. The molecule has 1 aliphatic rings. The van der Waals surface area contributed by atoms with E-state index in [0.29, 0.717) is 5.56 Å². The summed E-state index contributed by atoms with van der Waals surface area (Å²) in [5, 5.41) is 10.1. The maximum Gasteiger partial charge on any atom is 0.514 e. The molecule has 6 nitrogen and oxygen atoms in total. The molecule has 0 atom stereocenters. The third-order valence-corrected chi connectivity index (χ3v) is 3.67. The van der Waals surface area contributed by atoms with Crippen LogP contribution in [0.3, 0.4) is 0 Å². The van der Waals surface area contributed by atoms with E-state index in [-0.39, 0.29) is 17.4 Å². The second-order valence-electron chi connectivity index (χ2n) is 7.01. The fourth-order valence-electron chi connectivity index (χ4n) is 2.48. The summed E-state index contributed by atoms with van der Waals surface area (Å²) in [5.41, 5.74) is -0.182. The van der Waals surface area contributed by atoms with Crippen LogP contribution >= 0.6 is 0 Å². The van der Waals surface area contributed by atoms with E-state index in [9.17, 15) is 14.7 Å². The molecule has 1 aromatic carbocycles. The molecule has 6 heteroatoms. The quantitative estimate of drug-likeness (QED) is 0.512. The number of hydrogen-bond donors (Lipinski definition) is 1. The molecule has 0 saturated carbocycles. The Labute approximate surface area is 148 Å². The zero-order chi connectivity index (χ0) is 18.4. The fraction of sp³-hybridized carbons (Fsp3) is 0.474. The van der Waals surface area contributed by atoms with Gasteiger partial charge in [-0.05, 0) is 58.2 Å². The number of aromatic hydroxyl groups is 1. The molecular formula is C19H25NO5. The minimum atomic E-state index is -0.838. The number of rotatable bonds is 3. The van der Waals surface area contributed by atoms with Crippen LogP contribution in [0.25, 0.3) is 6.08 Å². The summed E-state index contributed by atoms with van der Waals surface area (Å²) in [6, 6.07) is 4.43. The number of piperidine rings is 1. The van der Waals surface area contributed by atoms with Gasteiger partial charge in [-0.25, -0.2) is 4.79 Å². The third-order valence-electron chi connectivity index (χ3n) is 3.67. The lowest BCUT2D eigenvalue weighted by Crippen LogP contribution is -2.34. The van der Waals surface area contributed by atoms with E-state index in [2.05, 4.69) is 0 Å². The van der Waals surface area contributed by atoms with Crippen LogP contribution in [-0.4, -0.2) is 40.8 Å². The first-order valence-electron chi connectivity index (χ1n) is 8.45. The number of amides is 1. The number of carbonyl (C=O) groups excluding carboxylic acids is 2. The summed E-state index contributed by atoms with van der Waals surface area (Å²) in [6.07, 6.45) is 5.39. The summed E-state index contributed by atoms with van der Waals surface area (Å²) in [5.74, 6) is 0.0307. The number of hydrogen-bond acceptors (Lipinski definition) is 5. The number of likely N-dealkylation sites (tertiary alicyclic amines) is 1. The van der Waals surface area contributed by atoms with Gasteiger partial charge >= 0.3 is 6.16 Å². The summed E-state index contributed by atoms with van der Waals surface area (Å²) >= 11 is 0. The first-order valence-corrected chi connectivity index (χ1v) is 8.45. The maximum atomic E-state index is 12.1. The molecule has 0 spiro atoms. The van der Waals surface area contributed by atoms with E-state index in [1.54, 1.807) is 37.8 Å². The zero-order valence-corrected chi connectivity index (χ0v) is 14.9. The lowest BCUT2D eigenvalue weighted by molar-refractivity contribution is -0.126. The molecule has 1 N–H and O–H groups in total. The van der Waals surface area contributed by atoms with Gasteiger partial charge in [0.25, 0.3) is 0 Å². The summed E-state index contributed by atoms with van der Waals surface area (Å²) < 4.78 is 10.1. The molecule has 1 aliphatic heterocycles. The standard InChI is InChI=1S/C19H25NO5/c1-19(2,3)25-18(23)24-15-9-7-14(16(21)13-15)8-10-17(22)20-11-5-4-6-12-20/h7-10,13,21H,4-6,11-12H2,1-3H3/b10-8+.